The van der Waals surface area contributed by atoms with Gasteiger partial charge in [0.1, 0.15) is 11.5 Å². The molecule has 1 aliphatic carbocycles. The first kappa shape index (κ1) is 34.5. The normalized spacial score (nSPS) is 20.6. The number of phenolic OH excluding ortho intramolecular Hbond substituents is 2. The van der Waals surface area contributed by atoms with Gasteiger partial charge in [0.2, 0.25) is 11.6 Å². The molecule has 2 aliphatic heterocycles. The Morgan fingerprint density at radius 2 is 1.10 bits per heavy atom. The van der Waals surface area contributed by atoms with E-state index in [-0.39, 0.29) is 58.6 Å². The van der Waals surface area contributed by atoms with E-state index in [0.29, 0.717) is 48.1 Å². The van der Waals surface area contributed by atoms with Gasteiger partial charge in [0.05, 0.1) is 22.3 Å². The van der Waals surface area contributed by atoms with Crippen molar-refractivity contribution in [3.8, 4) is 11.5 Å². The number of hydrogen-bond acceptors (Lipinski definition) is 8. The second-order valence-corrected chi connectivity index (χ2v) is 11.8. The lowest BCUT2D eigenvalue weighted by Gasteiger charge is -2.32. The summed E-state index contributed by atoms with van der Waals surface area (Å²) in [6.07, 6.45) is 4.52. The van der Waals surface area contributed by atoms with Crippen molar-refractivity contribution in [2.45, 2.75) is 25.7 Å². The van der Waals surface area contributed by atoms with E-state index in [9.17, 15) is 19.8 Å². The van der Waals surface area contributed by atoms with Gasteiger partial charge in [-0.2, -0.15) is 0 Å². The summed E-state index contributed by atoms with van der Waals surface area (Å²) in [5.74, 6) is 0.694. The molecule has 2 atom stereocenters. The molecule has 5 rings (SSSR count). The van der Waals surface area contributed by atoms with Crippen LogP contribution in [0.3, 0.4) is 0 Å². The van der Waals surface area contributed by atoms with E-state index in [1.165, 1.54) is 12.1 Å². The summed E-state index contributed by atoms with van der Waals surface area (Å²) >= 11 is 12.2. The standard InChI is InChI=1S/C30H38Cl2N4O4.2ClH/c31-15-19-3-1-11-35(17-19)13-9-33-21-5-6-22(34-10-14-36-12-2-4-20(16-32)18-36)26-25(21)29(39)27-23(37)7-8-24(38)28(27)30(26)40;;/h5-8,19-20,33-34,37-38H,1-4,9-18H2;2*1H. The number of carbonyl (C=O) groups is 2. The largest absolute Gasteiger partial charge is 0.507 e. The molecule has 8 nitrogen and oxygen atoms in total. The van der Waals surface area contributed by atoms with Gasteiger partial charge < -0.3 is 30.6 Å². The number of piperidine rings is 2. The first-order valence-corrected chi connectivity index (χ1v) is 15.3. The first-order chi connectivity index (χ1) is 19.4. The van der Waals surface area contributed by atoms with Crippen molar-refractivity contribution < 1.29 is 19.8 Å². The van der Waals surface area contributed by atoms with Crippen LogP contribution in [0.5, 0.6) is 11.5 Å². The van der Waals surface area contributed by atoms with Gasteiger partial charge in [-0.1, -0.05) is 0 Å². The number of ketones is 2. The number of halogens is 4. The van der Waals surface area contributed by atoms with Crippen LogP contribution >= 0.6 is 48.0 Å². The summed E-state index contributed by atoms with van der Waals surface area (Å²) < 4.78 is 0. The number of rotatable bonds is 10. The van der Waals surface area contributed by atoms with Gasteiger partial charge in [-0.25, -0.2) is 0 Å². The minimum absolute atomic E-state index is 0. The maximum atomic E-state index is 13.8. The zero-order valence-electron chi connectivity index (χ0n) is 23.5. The fourth-order valence-electron chi connectivity index (χ4n) is 6.32. The van der Waals surface area contributed by atoms with Crippen molar-refractivity contribution in [1.82, 2.24) is 9.80 Å². The third-order valence-electron chi connectivity index (χ3n) is 8.40. The summed E-state index contributed by atoms with van der Waals surface area (Å²) in [4.78, 5) is 32.3. The monoisotopic (exact) mass is 660 g/mol. The van der Waals surface area contributed by atoms with Gasteiger partial charge in [0, 0.05) is 62.4 Å². The third-order valence-corrected chi connectivity index (χ3v) is 9.28. The number of fused-ring (bicyclic) bond motifs is 2. The molecule has 42 heavy (non-hydrogen) atoms. The smallest absolute Gasteiger partial charge is 0.200 e. The lowest BCUT2D eigenvalue weighted by molar-refractivity contribution is 0.0975. The van der Waals surface area contributed by atoms with E-state index in [2.05, 4.69) is 20.4 Å². The van der Waals surface area contributed by atoms with E-state index in [1.807, 2.05) is 12.1 Å². The molecule has 2 aromatic rings. The summed E-state index contributed by atoms with van der Waals surface area (Å²) in [5.41, 5.74) is 1.22. The Labute approximate surface area is 269 Å². The molecule has 2 aromatic carbocycles. The number of alkyl halides is 2. The summed E-state index contributed by atoms with van der Waals surface area (Å²) in [6.45, 7) is 6.67. The number of phenols is 2. The van der Waals surface area contributed by atoms with Crippen molar-refractivity contribution in [3.63, 3.8) is 0 Å². The molecule has 2 fully saturated rings. The van der Waals surface area contributed by atoms with E-state index in [1.54, 1.807) is 0 Å². The number of likely N-dealkylation sites (tertiary alicyclic amines) is 2. The summed E-state index contributed by atoms with van der Waals surface area (Å²) in [5, 5.41) is 27.8. The lowest BCUT2D eigenvalue weighted by Crippen LogP contribution is -2.39. The van der Waals surface area contributed by atoms with Gasteiger partial charge in [0.15, 0.2) is 0 Å². The Hall–Kier alpha value is -1.94. The molecule has 2 saturated heterocycles. The Morgan fingerprint density at radius 3 is 1.48 bits per heavy atom. The van der Waals surface area contributed by atoms with Crippen molar-refractivity contribution in [1.29, 1.82) is 0 Å². The molecule has 0 spiro atoms. The third kappa shape index (κ3) is 7.40. The van der Waals surface area contributed by atoms with Crippen LogP contribution in [0.2, 0.25) is 0 Å². The second kappa shape index (κ2) is 15.7. The Morgan fingerprint density at radius 1 is 0.690 bits per heavy atom. The highest BCUT2D eigenvalue weighted by atomic mass is 35.5. The molecule has 4 N–H and O–H groups in total. The van der Waals surface area contributed by atoms with E-state index >= 15 is 0 Å². The van der Waals surface area contributed by atoms with Crippen LogP contribution in [0.1, 0.15) is 57.5 Å². The Kier molecular flexibility index (Phi) is 12.9. The summed E-state index contributed by atoms with van der Waals surface area (Å²) in [7, 11) is 0. The van der Waals surface area contributed by atoms with Crippen LogP contribution in [0.15, 0.2) is 24.3 Å². The first-order valence-electron chi connectivity index (χ1n) is 14.3. The van der Waals surface area contributed by atoms with E-state index in [0.717, 1.165) is 65.0 Å². The van der Waals surface area contributed by atoms with Crippen molar-refractivity contribution in [2.24, 2.45) is 11.8 Å². The molecule has 232 valence electrons. The molecule has 2 heterocycles. The number of hydrogen-bond donors (Lipinski definition) is 4. The fraction of sp³-hybridized carbons (Fsp3) is 0.533. The number of nitrogens with zero attached hydrogens (tertiary/aromatic N) is 2. The highest BCUT2D eigenvalue weighted by Crippen LogP contribution is 2.42. The van der Waals surface area contributed by atoms with Crippen LogP contribution in [0, 0.1) is 11.8 Å². The summed E-state index contributed by atoms with van der Waals surface area (Å²) in [6, 6.07) is 6.13. The highest BCUT2D eigenvalue weighted by molar-refractivity contribution is 6.33. The van der Waals surface area contributed by atoms with Crippen LogP contribution < -0.4 is 10.6 Å². The van der Waals surface area contributed by atoms with Gasteiger partial charge in [-0.15, -0.1) is 48.0 Å². The molecular formula is C30H40Cl4N4O4. The molecule has 0 amide bonds. The Balaban J connectivity index is 0.00000242. The molecular weight excluding hydrogens is 622 g/mol. The predicted molar refractivity (Wildman–Crippen MR) is 174 cm³/mol. The SMILES string of the molecule is Cl.Cl.O=C1c2c(O)ccc(O)c2C(=O)c2c(NCCN3CCCC(CCl)C3)ccc(NCCN3CCCC(CCl)C3)c21. The van der Waals surface area contributed by atoms with E-state index in [4.69, 9.17) is 23.2 Å². The maximum Gasteiger partial charge on any atom is 0.200 e. The molecule has 2 unspecified atom stereocenters. The minimum atomic E-state index is -0.481. The average molecular weight is 662 g/mol. The molecule has 3 aliphatic rings. The van der Waals surface area contributed by atoms with Crippen LogP contribution in [0.25, 0.3) is 0 Å². The number of carbonyl (C=O) groups excluding carboxylic acids is 2. The van der Waals surface area contributed by atoms with Gasteiger partial charge in [-0.3, -0.25) is 9.59 Å². The zero-order valence-corrected chi connectivity index (χ0v) is 26.7. The van der Waals surface area contributed by atoms with Gasteiger partial charge >= 0.3 is 0 Å². The van der Waals surface area contributed by atoms with Gasteiger partial charge in [0.25, 0.3) is 0 Å². The Bertz CT molecular complexity index is 1170. The number of aromatic hydroxyl groups is 2. The fourth-order valence-corrected chi connectivity index (χ4v) is 6.82. The molecule has 0 saturated carbocycles. The minimum Gasteiger partial charge on any atom is -0.507 e. The van der Waals surface area contributed by atoms with Crippen molar-refractivity contribution >= 4 is 71.0 Å². The molecule has 12 heteroatoms. The van der Waals surface area contributed by atoms with Crippen LogP contribution in [-0.4, -0.2) is 95.7 Å². The lowest BCUT2D eigenvalue weighted by atomic mass is 9.81. The topological polar surface area (TPSA) is 105 Å². The quantitative estimate of drug-likeness (QED) is 0.168. The highest BCUT2D eigenvalue weighted by Gasteiger charge is 2.38. The van der Waals surface area contributed by atoms with Gasteiger partial charge in [-0.05, 0) is 74.9 Å². The average Bonchev–Trinajstić information content (AvgIpc) is 2.97. The van der Waals surface area contributed by atoms with Crippen LogP contribution in [-0.2, 0) is 0 Å². The number of anilines is 2. The molecule has 0 aromatic heterocycles. The predicted octanol–water partition coefficient (Wildman–Crippen LogP) is 5.44. The molecule has 0 radical (unpaired) electrons. The van der Waals surface area contributed by atoms with E-state index < -0.39 is 11.6 Å². The number of nitrogens with one attached hydrogen (secondary N) is 2. The zero-order chi connectivity index (χ0) is 28.2. The molecule has 0 bridgehead atoms. The maximum absolute atomic E-state index is 13.8. The van der Waals surface area contributed by atoms with Crippen molar-refractivity contribution in [2.75, 3.05) is 74.8 Å². The second-order valence-electron chi connectivity index (χ2n) is 11.2. The number of benzene rings is 2. The van der Waals surface area contributed by atoms with Crippen molar-refractivity contribution in [3.05, 3.63) is 46.5 Å². The van der Waals surface area contributed by atoms with Crippen LogP contribution in [0.4, 0.5) is 11.4 Å².